The quantitative estimate of drug-likeness (QED) is 0.172. The van der Waals surface area contributed by atoms with E-state index in [1.165, 1.54) is 76.8 Å². The molecule has 0 fully saturated rings. The molecule has 2 heteroatoms. The average Bonchev–Trinajstić information content (AvgIpc) is 3.23. The molecule has 2 aliphatic heterocycles. The lowest BCUT2D eigenvalue weighted by Gasteiger charge is -2.24. The van der Waals surface area contributed by atoms with Gasteiger partial charge in [-0.05, 0) is 107 Å². The van der Waals surface area contributed by atoms with Gasteiger partial charge in [0.2, 0.25) is 0 Å². The average molecular weight is 687 g/mol. The van der Waals surface area contributed by atoms with E-state index in [4.69, 9.17) is 9.47 Å². The van der Waals surface area contributed by atoms with Crippen LogP contribution in [0.3, 0.4) is 0 Å². The third kappa shape index (κ3) is 4.11. The second-order valence-corrected chi connectivity index (χ2v) is 14.3. The van der Waals surface area contributed by atoms with Crippen molar-refractivity contribution < 1.29 is 9.47 Å². The summed E-state index contributed by atoms with van der Waals surface area (Å²) in [6.07, 6.45) is 0. The third-order valence-electron chi connectivity index (χ3n) is 11.5. The molecule has 0 spiro atoms. The summed E-state index contributed by atoms with van der Waals surface area (Å²) < 4.78 is 13.0. The maximum atomic E-state index is 6.50. The molecule has 0 unspecified atom stereocenters. The summed E-state index contributed by atoms with van der Waals surface area (Å²) in [4.78, 5) is 0. The zero-order valence-electron chi connectivity index (χ0n) is 29.1. The molecular formula is C52H30O2. The maximum Gasteiger partial charge on any atom is 0.135 e. The summed E-state index contributed by atoms with van der Waals surface area (Å²) >= 11 is 0. The Morgan fingerprint density at radius 2 is 0.648 bits per heavy atom. The molecule has 0 bridgehead atoms. The smallest absolute Gasteiger partial charge is 0.135 e. The van der Waals surface area contributed by atoms with Crippen LogP contribution in [0.2, 0.25) is 0 Å². The molecule has 2 heterocycles. The van der Waals surface area contributed by atoms with Gasteiger partial charge in [-0.3, -0.25) is 0 Å². The van der Waals surface area contributed by atoms with Crippen molar-refractivity contribution in [3.05, 3.63) is 182 Å². The highest BCUT2D eigenvalue weighted by atomic mass is 16.5. The van der Waals surface area contributed by atoms with Gasteiger partial charge in [-0.2, -0.15) is 0 Å². The zero-order chi connectivity index (χ0) is 35.3. The lowest BCUT2D eigenvalue weighted by atomic mass is 9.84. The largest absolute Gasteiger partial charge is 0.456 e. The Morgan fingerprint density at radius 1 is 0.241 bits per heavy atom. The standard InChI is InChI=1S/C52H30O2/c1-2-12-31(13-3-1)50-41-20-8-16-32(34-26-27-43-37-15-5-7-24-47(37)53-48-25-11-22-39(34)52(43)48)44(41)30-45-33(17-9-21-42(45)50)35-28-29-49-51-38(35)18-10-19-40(51)36-14-4-6-23-46(36)54-49/h1-30H. The van der Waals surface area contributed by atoms with Crippen LogP contribution in [-0.4, -0.2) is 0 Å². The van der Waals surface area contributed by atoms with Crippen molar-refractivity contribution in [2.24, 2.45) is 0 Å². The van der Waals surface area contributed by atoms with Gasteiger partial charge in [-0.15, -0.1) is 0 Å². The van der Waals surface area contributed by atoms with E-state index in [-0.39, 0.29) is 0 Å². The highest BCUT2D eigenvalue weighted by Gasteiger charge is 2.25. The van der Waals surface area contributed by atoms with Crippen molar-refractivity contribution in [1.82, 2.24) is 0 Å². The molecule has 12 rings (SSSR count). The Balaban J connectivity index is 1.17. The molecule has 2 aliphatic rings. The molecule has 10 aromatic carbocycles. The Kier molecular flexibility index (Phi) is 6.09. The number of fused-ring (bicyclic) bond motifs is 6. The van der Waals surface area contributed by atoms with Crippen LogP contribution in [0, 0.1) is 0 Å². The number of ether oxygens (including phenoxy) is 2. The molecule has 0 N–H and O–H groups in total. The minimum atomic E-state index is 0.899. The predicted molar refractivity (Wildman–Crippen MR) is 224 cm³/mol. The van der Waals surface area contributed by atoms with Crippen molar-refractivity contribution in [1.29, 1.82) is 0 Å². The molecule has 54 heavy (non-hydrogen) atoms. The van der Waals surface area contributed by atoms with E-state index in [1.807, 2.05) is 12.1 Å². The van der Waals surface area contributed by atoms with Gasteiger partial charge in [0, 0.05) is 21.9 Å². The van der Waals surface area contributed by atoms with Gasteiger partial charge in [0.25, 0.3) is 0 Å². The lowest BCUT2D eigenvalue weighted by Crippen LogP contribution is -1.98. The Labute approximate surface area is 312 Å². The normalized spacial score (nSPS) is 12.4. The van der Waals surface area contributed by atoms with E-state index in [9.17, 15) is 0 Å². The third-order valence-corrected chi connectivity index (χ3v) is 11.5. The van der Waals surface area contributed by atoms with Crippen LogP contribution >= 0.6 is 0 Å². The molecule has 0 atom stereocenters. The van der Waals surface area contributed by atoms with Crippen LogP contribution < -0.4 is 9.47 Å². The number of para-hydroxylation sites is 2. The van der Waals surface area contributed by atoms with Crippen LogP contribution in [0.15, 0.2) is 182 Å². The highest BCUT2D eigenvalue weighted by molar-refractivity contribution is 6.22. The number of hydrogen-bond donors (Lipinski definition) is 0. The first kappa shape index (κ1) is 29.4. The first-order valence-corrected chi connectivity index (χ1v) is 18.5. The molecule has 2 nitrogen and oxygen atoms in total. The molecule has 0 saturated heterocycles. The van der Waals surface area contributed by atoms with Gasteiger partial charge in [0.05, 0.1) is 0 Å². The Hall–Kier alpha value is -7.16. The van der Waals surface area contributed by atoms with E-state index in [1.54, 1.807) is 0 Å². The zero-order valence-corrected chi connectivity index (χ0v) is 29.1. The van der Waals surface area contributed by atoms with Crippen molar-refractivity contribution in [2.45, 2.75) is 0 Å². The second kappa shape index (κ2) is 11.2. The fourth-order valence-corrected chi connectivity index (χ4v) is 9.18. The van der Waals surface area contributed by atoms with Gasteiger partial charge < -0.3 is 9.47 Å². The molecule has 0 radical (unpaired) electrons. The van der Waals surface area contributed by atoms with Gasteiger partial charge in [0.15, 0.2) is 0 Å². The van der Waals surface area contributed by atoms with E-state index >= 15 is 0 Å². The predicted octanol–water partition coefficient (Wildman–Crippen LogP) is 14.8. The molecule has 0 aromatic heterocycles. The van der Waals surface area contributed by atoms with Crippen molar-refractivity contribution in [3.63, 3.8) is 0 Å². The molecule has 0 saturated carbocycles. The number of benzene rings is 10. The van der Waals surface area contributed by atoms with Gasteiger partial charge in [-0.1, -0.05) is 152 Å². The van der Waals surface area contributed by atoms with E-state index < -0.39 is 0 Å². The molecule has 0 amide bonds. The summed E-state index contributed by atoms with van der Waals surface area (Å²) in [5, 5.41) is 9.57. The fraction of sp³-hybridized carbons (Fsp3) is 0. The lowest BCUT2D eigenvalue weighted by molar-refractivity contribution is 0.487. The van der Waals surface area contributed by atoms with E-state index in [0.717, 1.165) is 44.9 Å². The highest BCUT2D eigenvalue weighted by Crippen LogP contribution is 2.52. The molecular weight excluding hydrogens is 657 g/mol. The molecule has 10 aromatic rings. The van der Waals surface area contributed by atoms with Gasteiger partial charge >= 0.3 is 0 Å². The number of rotatable bonds is 3. The van der Waals surface area contributed by atoms with Crippen LogP contribution in [0.25, 0.3) is 98.7 Å². The maximum absolute atomic E-state index is 6.50. The van der Waals surface area contributed by atoms with Gasteiger partial charge in [-0.25, -0.2) is 0 Å². The second-order valence-electron chi connectivity index (χ2n) is 14.3. The first-order valence-electron chi connectivity index (χ1n) is 18.5. The van der Waals surface area contributed by atoms with Crippen LogP contribution in [0.4, 0.5) is 0 Å². The fourth-order valence-electron chi connectivity index (χ4n) is 9.18. The molecule has 250 valence electrons. The van der Waals surface area contributed by atoms with Gasteiger partial charge in [0.1, 0.15) is 23.0 Å². The van der Waals surface area contributed by atoms with E-state index in [0.29, 0.717) is 0 Å². The van der Waals surface area contributed by atoms with Crippen LogP contribution in [0.5, 0.6) is 23.0 Å². The van der Waals surface area contributed by atoms with Crippen molar-refractivity contribution in [2.75, 3.05) is 0 Å². The van der Waals surface area contributed by atoms with Crippen LogP contribution in [-0.2, 0) is 0 Å². The van der Waals surface area contributed by atoms with Crippen LogP contribution in [0.1, 0.15) is 0 Å². The first-order chi connectivity index (χ1) is 26.8. The summed E-state index contributed by atoms with van der Waals surface area (Å²) in [5.74, 6) is 3.60. The van der Waals surface area contributed by atoms with E-state index in [2.05, 4.69) is 170 Å². The monoisotopic (exact) mass is 686 g/mol. The molecule has 0 aliphatic carbocycles. The topological polar surface area (TPSA) is 18.5 Å². The summed E-state index contributed by atoms with van der Waals surface area (Å²) in [5.41, 5.74) is 11.9. The summed E-state index contributed by atoms with van der Waals surface area (Å²) in [6.45, 7) is 0. The Morgan fingerprint density at radius 3 is 1.28 bits per heavy atom. The number of hydrogen-bond acceptors (Lipinski definition) is 2. The summed E-state index contributed by atoms with van der Waals surface area (Å²) in [6, 6.07) is 65.6. The Bertz CT molecular complexity index is 3070. The minimum absolute atomic E-state index is 0.899. The SMILES string of the molecule is c1ccc(-c2c3cccc(-c4ccc5c6c(cccc46)-c4ccccc4O5)c3cc3c(-c4ccc5c6c(cccc46)Oc4ccccc4-5)cccc23)cc1. The minimum Gasteiger partial charge on any atom is -0.456 e. The van der Waals surface area contributed by atoms with Crippen molar-refractivity contribution in [3.8, 4) is 78.6 Å². The summed E-state index contributed by atoms with van der Waals surface area (Å²) in [7, 11) is 0. The van der Waals surface area contributed by atoms with Crippen molar-refractivity contribution >= 4 is 43.1 Å².